The van der Waals surface area contributed by atoms with Crippen LogP contribution in [-0.4, -0.2) is 0 Å². The molecule has 1 heterocycles. The molecule has 0 N–H and O–H groups in total. The van der Waals surface area contributed by atoms with E-state index in [1.807, 2.05) is 6.07 Å². The molecular weight excluding hydrogens is 291 g/mol. The second kappa shape index (κ2) is 9.49. The summed E-state index contributed by atoms with van der Waals surface area (Å²) in [5.74, 6) is -0.382. The smallest absolute Gasteiger partial charge is 0.339 e. The van der Waals surface area contributed by atoms with Crippen LogP contribution in [0.5, 0.6) is 0 Å². The van der Waals surface area contributed by atoms with E-state index >= 15 is 0 Å². The predicted octanol–water partition coefficient (Wildman–Crippen LogP) is 6.01. The molecule has 1 aromatic carbocycles. The molecule has 0 saturated carbocycles. The molecule has 0 aliphatic carbocycles. The number of fused-ring (bicyclic) bond motifs is 1. The third-order valence-corrected chi connectivity index (χ3v) is 4.32. The Morgan fingerprint density at radius 1 is 0.913 bits per heavy atom. The molecule has 2 aromatic rings. The molecule has 126 valence electrons. The number of hydrogen-bond acceptors (Lipinski definition) is 2. The predicted molar refractivity (Wildman–Crippen MR) is 93.4 cm³/mol. The molecule has 0 radical (unpaired) electrons. The average Bonchev–Trinajstić information content (AvgIpc) is 2.53. The highest BCUT2D eigenvalue weighted by atomic mass is 19.1. The molecule has 2 rings (SSSR count). The fourth-order valence-corrected chi connectivity index (χ4v) is 2.93. The average molecular weight is 318 g/mol. The molecule has 0 amide bonds. The van der Waals surface area contributed by atoms with Crippen molar-refractivity contribution in [3.8, 4) is 0 Å². The highest BCUT2D eigenvalue weighted by molar-refractivity contribution is 5.76. The van der Waals surface area contributed by atoms with E-state index in [4.69, 9.17) is 4.42 Å². The van der Waals surface area contributed by atoms with Gasteiger partial charge in [0, 0.05) is 17.0 Å². The first-order chi connectivity index (χ1) is 11.2. The van der Waals surface area contributed by atoms with E-state index in [2.05, 4.69) is 6.92 Å². The Balaban J connectivity index is 1.73. The zero-order valence-corrected chi connectivity index (χ0v) is 14.1. The van der Waals surface area contributed by atoms with Crippen molar-refractivity contribution in [2.45, 2.75) is 71.1 Å². The van der Waals surface area contributed by atoms with Crippen LogP contribution in [0.25, 0.3) is 11.0 Å². The minimum absolute atomic E-state index is 0.325. The van der Waals surface area contributed by atoms with Crippen LogP contribution >= 0.6 is 0 Å². The van der Waals surface area contributed by atoms with Crippen molar-refractivity contribution in [3.05, 3.63) is 46.1 Å². The van der Waals surface area contributed by atoms with Crippen LogP contribution in [0.2, 0.25) is 0 Å². The summed E-state index contributed by atoms with van der Waals surface area (Å²) < 4.78 is 18.3. The molecule has 23 heavy (non-hydrogen) atoms. The minimum atomic E-state index is -0.382. The van der Waals surface area contributed by atoms with Gasteiger partial charge in [-0.25, -0.2) is 9.18 Å². The summed E-state index contributed by atoms with van der Waals surface area (Å²) >= 11 is 0. The van der Waals surface area contributed by atoms with Gasteiger partial charge in [-0.1, -0.05) is 58.3 Å². The van der Waals surface area contributed by atoms with Crippen molar-refractivity contribution in [3.63, 3.8) is 0 Å². The van der Waals surface area contributed by atoms with Crippen LogP contribution in [0.4, 0.5) is 4.39 Å². The highest BCUT2D eigenvalue weighted by Crippen LogP contribution is 2.16. The van der Waals surface area contributed by atoms with Crippen molar-refractivity contribution in [2.75, 3.05) is 0 Å². The molecule has 0 fully saturated rings. The highest BCUT2D eigenvalue weighted by Gasteiger charge is 2.06. The lowest BCUT2D eigenvalue weighted by Gasteiger charge is -2.03. The van der Waals surface area contributed by atoms with Gasteiger partial charge in [0.2, 0.25) is 0 Å². The van der Waals surface area contributed by atoms with E-state index in [0.717, 1.165) is 24.6 Å². The number of halogens is 1. The monoisotopic (exact) mass is 318 g/mol. The van der Waals surface area contributed by atoms with Crippen molar-refractivity contribution in [1.29, 1.82) is 0 Å². The molecule has 0 unspecified atom stereocenters. The molecule has 2 nitrogen and oxygen atoms in total. The van der Waals surface area contributed by atoms with Crippen LogP contribution in [-0.2, 0) is 6.42 Å². The quantitative estimate of drug-likeness (QED) is 0.397. The van der Waals surface area contributed by atoms with Crippen LogP contribution < -0.4 is 5.63 Å². The number of aryl methyl sites for hydroxylation is 1. The molecule has 0 bridgehead atoms. The largest absolute Gasteiger partial charge is 0.422 e. The first kappa shape index (κ1) is 17.7. The molecule has 0 aliphatic heterocycles. The Morgan fingerprint density at radius 3 is 2.26 bits per heavy atom. The number of hydrogen-bond donors (Lipinski definition) is 0. The molecule has 0 saturated heterocycles. The van der Waals surface area contributed by atoms with Gasteiger partial charge in [-0.15, -0.1) is 0 Å². The Bertz CT molecular complexity index is 660. The van der Waals surface area contributed by atoms with E-state index in [9.17, 15) is 9.18 Å². The normalized spacial score (nSPS) is 11.2. The second-order valence-corrected chi connectivity index (χ2v) is 6.32. The molecule has 0 aliphatic rings. The standard InChI is InChI=1S/C20H27FO2/c1-2-3-4-5-6-7-8-9-10-11-17-14-16-12-13-18(21)15-19(16)23-20(17)22/h12-15H,2-11H2,1H3. The maximum atomic E-state index is 13.1. The Kier molecular flexibility index (Phi) is 7.31. The summed E-state index contributed by atoms with van der Waals surface area (Å²) in [6.45, 7) is 2.24. The summed E-state index contributed by atoms with van der Waals surface area (Å²) in [6.07, 6.45) is 12.1. The maximum Gasteiger partial charge on any atom is 0.339 e. The van der Waals surface area contributed by atoms with Gasteiger partial charge in [0.15, 0.2) is 0 Å². The summed E-state index contributed by atoms with van der Waals surface area (Å²) in [5.41, 5.74) is 0.695. The van der Waals surface area contributed by atoms with Gasteiger partial charge in [0.1, 0.15) is 11.4 Å². The minimum Gasteiger partial charge on any atom is -0.422 e. The van der Waals surface area contributed by atoms with Gasteiger partial charge in [0.05, 0.1) is 0 Å². The zero-order valence-electron chi connectivity index (χ0n) is 14.1. The Hall–Kier alpha value is -1.64. The van der Waals surface area contributed by atoms with Gasteiger partial charge in [-0.2, -0.15) is 0 Å². The number of rotatable bonds is 10. The second-order valence-electron chi connectivity index (χ2n) is 6.32. The van der Waals surface area contributed by atoms with Crippen molar-refractivity contribution in [1.82, 2.24) is 0 Å². The molecule has 1 aromatic heterocycles. The summed E-state index contributed by atoms with van der Waals surface area (Å²) in [4.78, 5) is 11.9. The van der Waals surface area contributed by atoms with Crippen LogP contribution in [0, 0.1) is 5.82 Å². The molecule has 3 heteroatoms. The van der Waals surface area contributed by atoms with Gasteiger partial charge >= 0.3 is 5.63 Å². The SMILES string of the molecule is CCCCCCCCCCCc1cc2ccc(F)cc2oc1=O. The fourth-order valence-electron chi connectivity index (χ4n) is 2.93. The van der Waals surface area contributed by atoms with E-state index in [1.165, 1.54) is 57.1 Å². The third-order valence-electron chi connectivity index (χ3n) is 4.32. The van der Waals surface area contributed by atoms with Crippen LogP contribution in [0.3, 0.4) is 0 Å². The lowest BCUT2D eigenvalue weighted by atomic mass is 10.0. The molecule has 0 spiro atoms. The Labute approximate surface area is 137 Å². The van der Waals surface area contributed by atoms with E-state index in [0.29, 0.717) is 11.1 Å². The first-order valence-electron chi connectivity index (χ1n) is 8.93. The summed E-state index contributed by atoms with van der Waals surface area (Å²) in [6, 6.07) is 6.16. The zero-order chi connectivity index (χ0) is 16.5. The van der Waals surface area contributed by atoms with Gasteiger partial charge < -0.3 is 4.42 Å². The number of benzene rings is 1. The van der Waals surface area contributed by atoms with Crippen molar-refractivity contribution in [2.24, 2.45) is 0 Å². The summed E-state index contributed by atoms with van der Waals surface area (Å²) in [5, 5.41) is 0.789. The van der Waals surface area contributed by atoms with Crippen LogP contribution in [0.1, 0.15) is 70.3 Å². The summed E-state index contributed by atoms with van der Waals surface area (Å²) in [7, 11) is 0. The number of unbranched alkanes of at least 4 members (excludes halogenated alkanes) is 8. The van der Waals surface area contributed by atoms with Crippen LogP contribution in [0.15, 0.2) is 33.5 Å². The molecule has 0 atom stereocenters. The van der Waals surface area contributed by atoms with E-state index < -0.39 is 0 Å². The maximum absolute atomic E-state index is 13.1. The van der Waals surface area contributed by atoms with Crippen molar-refractivity contribution < 1.29 is 8.81 Å². The lowest BCUT2D eigenvalue weighted by molar-refractivity contribution is 0.535. The lowest BCUT2D eigenvalue weighted by Crippen LogP contribution is -2.07. The van der Waals surface area contributed by atoms with Gasteiger partial charge in [0.25, 0.3) is 0 Å². The topological polar surface area (TPSA) is 30.2 Å². The van der Waals surface area contributed by atoms with Gasteiger partial charge in [-0.3, -0.25) is 0 Å². The van der Waals surface area contributed by atoms with E-state index in [-0.39, 0.29) is 11.4 Å². The fraction of sp³-hybridized carbons (Fsp3) is 0.550. The third kappa shape index (κ3) is 5.81. The van der Waals surface area contributed by atoms with Gasteiger partial charge in [-0.05, 0) is 31.0 Å². The van der Waals surface area contributed by atoms with E-state index in [1.54, 1.807) is 6.07 Å². The first-order valence-corrected chi connectivity index (χ1v) is 8.93. The van der Waals surface area contributed by atoms with Crippen molar-refractivity contribution >= 4 is 11.0 Å². The molecular formula is C20H27FO2. The Morgan fingerprint density at radius 2 is 1.57 bits per heavy atom.